The fourth-order valence-corrected chi connectivity index (χ4v) is 6.06. The summed E-state index contributed by atoms with van der Waals surface area (Å²) in [5.74, 6) is 2.14. The second-order valence-corrected chi connectivity index (χ2v) is 10.1. The first-order valence-electron chi connectivity index (χ1n) is 12.9. The molecule has 3 aromatic rings. The van der Waals surface area contributed by atoms with Crippen LogP contribution in [0.2, 0.25) is 0 Å². The molecule has 0 spiro atoms. The average Bonchev–Trinajstić information content (AvgIpc) is 3.28. The second kappa shape index (κ2) is 11.1. The van der Waals surface area contributed by atoms with Crippen molar-refractivity contribution in [1.82, 2.24) is 9.80 Å². The van der Waals surface area contributed by atoms with Gasteiger partial charge in [-0.25, -0.2) is 0 Å². The van der Waals surface area contributed by atoms with E-state index < -0.39 is 0 Å². The maximum Gasteiger partial charge on any atom is 0.00540 e. The molecule has 5 rings (SSSR count). The quantitative estimate of drug-likeness (QED) is 0.412. The Morgan fingerprint density at radius 3 is 1.91 bits per heavy atom. The maximum atomic E-state index is 2.76. The zero-order chi connectivity index (χ0) is 22.3. The smallest absolute Gasteiger partial charge is 0.00540 e. The van der Waals surface area contributed by atoms with Crippen molar-refractivity contribution in [2.75, 3.05) is 39.3 Å². The van der Waals surface area contributed by atoms with E-state index in [2.05, 4.69) is 101 Å². The molecular weight excluding hydrogens is 400 g/mol. The first-order valence-corrected chi connectivity index (χ1v) is 12.9. The summed E-state index contributed by atoms with van der Waals surface area (Å²) in [6.07, 6.45) is 5.03. The summed E-state index contributed by atoms with van der Waals surface area (Å²) in [6, 6.07) is 33.4. The summed E-state index contributed by atoms with van der Waals surface area (Å²) in [7, 11) is 0. The van der Waals surface area contributed by atoms with Crippen molar-refractivity contribution >= 4 is 0 Å². The van der Waals surface area contributed by atoms with Gasteiger partial charge in [0, 0.05) is 25.6 Å². The minimum absolute atomic E-state index is 0.662. The number of aryl methyl sites for hydroxylation is 1. The Hall–Kier alpha value is -2.42. The molecule has 2 aliphatic heterocycles. The monoisotopic (exact) mass is 438 g/mol. The Labute approximate surface area is 200 Å². The van der Waals surface area contributed by atoms with Gasteiger partial charge in [-0.15, -0.1) is 0 Å². The topological polar surface area (TPSA) is 6.48 Å². The molecule has 2 aliphatic rings. The van der Waals surface area contributed by atoms with Crippen LogP contribution in [0.4, 0.5) is 0 Å². The second-order valence-electron chi connectivity index (χ2n) is 10.1. The van der Waals surface area contributed by atoms with E-state index in [1.165, 1.54) is 81.6 Å². The molecule has 0 bridgehead atoms. The molecule has 2 fully saturated rings. The number of hydrogen-bond acceptors (Lipinski definition) is 2. The highest BCUT2D eigenvalue weighted by atomic mass is 15.2. The van der Waals surface area contributed by atoms with Crippen LogP contribution in [0.1, 0.15) is 47.8 Å². The van der Waals surface area contributed by atoms with Crippen molar-refractivity contribution in [2.24, 2.45) is 5.92 Å². The van der Waals surface area contributed by atoms with Crippen LogP contribution >= 0.6 is 0 Å². The first-order chi connectivity index (χ1) is 16.3. The molecule has 33 heavy (non-hydrogen) atoms. The van der Waals surface area contributed by atoms with Crippen LogP contribution < -0.4 is 0 Å². The van der Waals surface area contributed by atoms with Crippen molar-refractivity contribution in [3.8, 4) is 0 Å². The molecule has 0 aliphatic carbocycles. The van der Waals surface area contributed by atoms with Gasteiger partial charge in [0.15, 0.2) is 0 Å². The van der Waals surface area contributed by atoms with Gasteiger partial charge in [-0.05, 0) is 73.8 Å². The van der Waals surface area contributed by atoms with Gasteiger partial charge in [0.2, 0.25) is 0 Å². The summed E-state index contributed by atoms with van der Waals surface area (Å²) in [4.78, 5) is 5.50. The summed E-state index contributed by atoms with van der Waals surface area (Å²) >= 11 is 0. The largest absolute Gasteiger partial charge is 0.303 e. The van der Waals surface area contributed by atoms with Crippen molar-refractivity contribution in [1.29, 1.82) is 0 Å². The summed E-state index contributed by atoms with van der Waals surface area (Å²) in [6.45, 7) is 7.40. The molecule has 3 aromatic carbocycles. The minimum Gasteiger partial charge on any atom is -0.303 e. The van der Waals surface area contributed by atoms with E-state index in [0.29, 0.717) is 5.92 Å². The van der Waals surface area contributed by atoms with Gasteiger partial charge in [-0.1, -0.05) is 91.0 Å². The van der Waals surface area contributed by atoms with Crippen LogP contribution in [-0.4, -0.2) is 49.1 Å². The Kier molecular flexibility index (Phi) is 7.55. The van der Waals surface area contributed by atoms with Crippen molar-refractivity contribution < 1.29 is 0 Å². The maximum absolute atomic E-state index is 2.76. The van der Waals surface area contributed by atoms with E-state index in [1.807, 2.05) is 0 Å². The third-order valence-electron chi connectivity index (χ3n) is 7.88. The molecule has 0 unspecified atom stereocenters. The number of rotatable bonds is 8. The Bertz CT molecular complexity index is 948. The van der Waals surface area contributed by atoms with Crippen LogP contribution in [0.25, 0.3) is 0 Å². The molecule has 0 N–H and O–H groups in total. The zero-order valence-electron chi connectivity index (χ0n) is 19.9. The fourth-order valence-electron chi connectivity index (χ4n) is 6.06. The number of benzene rings is 3. The lowest BCUT2D eigenvalue weighted by molar-refractivity contribution is 0.177. The third-order valence-corrected chi connectivity index (χ3v) is 7.88. The number of piperidine rings is 1. The summed E-state index contributed by atoms with van der Waals surface area (Å²) in [5.41, 5.74) is 4.53. The van der Waals surface area contributed by atoms with E-state index >= 15 is 0 Å². The standard InChI is InChI=1S/C31H38N2/c1-4-11-26(12-5-1)13-10-20-33-24-30(31(25-33)29-16-8-3-9-17-29)23-32-21-18-28(19-22-32)27-14-6-2-7-15-27/h1-9,11-12,14-17,28,30-31H,10,13,18-25H2/t30-,31+/m0/s1. The summed E-state index contributed by atoms with van der Waals surface area (Å²) in [5, 5.41) is 0. The van der Waals surface area contributed by atoms with Crippen LogP contribution in [-0.2, 0) is 6.42 Å². The highest BCUT2D eigenvalue weighted by molar-refractivity contribution is 5.23. The first kappa shape index (κ1) is 22.4. The number of likely N-dealkylation sites (tertiary alicyclic amines) is 2. The lowest BCUT2D eigenvalue weighted by Gasteiger charge is -2.35. The van der Waals surface area contributed by atoms with Crippen molar-refractivity contribution in [2.45, 2.75) is 37.5 Å². The van der Waals surface area contributed by atoms with E-state index in [-0.39, 0.29) is 0 Å². The Morgan fingerprint density at radius 1 is 0.636 bits per heavy atom. The highest BCUT2D eigenvalue weighted by Crippen LogP contribution is 2.35. The third kappa shape index (κ3) is 5.93. The molecule has 2 nitrogen and oxygen atoms in total. The molecule has 0 aromatic heterocycles. The highest BCUT2D eigenvalue weighted by Gasteiger charge is 2.35. The molecule has 2 atom stereocenters. The van der Waals surface area contributed by atoms with E-state index in [1.54, 1.807) is 0 Å². The lowest BCUT2D eigenvalue weighted by Crippen LogP contribution is -2.38. The molecule has 2 heterocycles. The number of nitrogens with zero attached hydrogens (tertiary/aromatic N) is 2. The van der Waals surface area contributed by atoms with E-state index in [4.69, 9.17) is 0 Å². The summed E-state index contributed by atoms with van der Waals surface area (Å²) < 4.78 is 0. The van der Waals surface area contributed by atoms with Crippen molar-refractivity contribution in [3.63, 3.8) is 0 Å². The van der Waals surface area contributed by atoms with Crippen LogP contribution in [0.5, 0.6) is 0 Å². The SMILES string of the molecule is c1ccc(CCCN2C[C@H](CN3CCC(c4ccccc4)CC3)[C@@H](c3ccccc3)C2)cc1. The van der Waals surface area contributed by atoms with E-state index in [0.717, 1.165) is 11.8 Å². The molecular formula is C31H38N2. The predicted octanol–water partition coefficient (Wildman–Crippen LogP) is 6.21. The van der Waals surface area contributed by atoms with Gasteiger partial charge in [0.1, 0.15) is 0 Å². The Balaban J connectivity index is 1.17. The van der Waals surface area contributed by atoms with Gasteiger partial charge in [-0.2, -0.15) is 0 Å². The van der Waals surface area contributed by atoms with Gasteiger partial charge < -0.3 is 9.80 Å². The van der Waals surface area contributed by atoms with Crippen LogP contribution in [0, 0.1) is 5.92 Å². The van der Waals surface area contributed by atoms with Gasteiger partial charge in [0.05, 0.1) is 0 Å². The van der Waals surface area contributed by atoms with Gasteiger partial charge in [-0.3, -0.25) is 0 Å². The predicted molar refractivity (Wildman–Crippen MR) is 139 cm³/mol. The molecule has 2 saturated heterocycles. The van der Waals surface area contributed by atoms with Gasteiger partial charge in [0.25, 0.3) is 0 Å². The molecule has 0 saturated carbocycles. The minimum atomic E-state index is 0.662. The molecule has 2 heteroatoms. The van der Waals surface area contributed by atoms with Crippen LogP contribution in [0.15, 0.2) is 91.0 Å². The lowest BCUT2D eigenvalue weighted by atomic mass is 9.86. The van der Waals surface area contributed by atoms with Crippen LogP contribution in [0.3, 0.4) is 0 Å². The normalized spacial score (nSPS) is 22.5. The van der Waals surface area contributed by atoms with Gasteiger partial charge >= 0.3 is 0 Å². The number of hydrogen-bond donors (Lipinski definition) is 0. The van der Waals surface area contributed by atoms with Crippen molar-refractivity contribution in [3.05, 3.63) is 108 Å². The molecule has 172 valence electrons. The van der Waals surface area contributed by atoms with E-state index in [9.17, 15) is 0 Å². The fraction of sp³-hybridized carbons (Fsp3) is 0.419. The molecule has 0 radical (unpaired) electrons. The molecule has 0 amide bonds. The average molecular weight is 439 g/mol. The zero-order valence-corrected chi connectivity index (χ0v) is 19.9. The Morgan fingerprint density at radius 2 is 1.24 bits per heavy atom.